The zero-order valence-electron chi connectivity index (χ0n) is 17.2. The molecule has 2 aliphatic rings. The molecule has 8 nitrogen and oxygen atoms in total. The second-order valence-electron chi connectivity index (χ2n) is 7.84. The molecule has 1 aromatic rings. The molecular weight excluding hydrogens is 386 g/mol. The van der Waals surface area contributed by atoms with E-state index in [1.54, 1.807) is 29.2 Å². The van der Waals surface area contributed by atoms with Crippen LogP contribution in [0.3, 0.4) is 0 Å². The molecule has 1 aromatic carbocycles. The van der Waals surface area contributed by atoms with Crippen LogP contribution in [0.4, 0.5) is 0 Å². The van der Waals surface area contributed by atoms with Crippen LogP contribution in [0.2, 0.25) is 0 Å². The number of carbonyl (C=O) groups excluding carboxylic acids is 5. The number of hydrogen-bond acceptors (Lipinski definition) is 5. The molecular formula is C22H27N3O5. The minimum absolute atomic E-state index is 0.00651. The largest absolute Gasteiger partial charge is 0.353 e. The van der Waals surface area contributed by atoms with Gasteiger partial charge in [0.25, 0.3) is 11.8 Å². The second kappa shape index (κ2) is 9.65. The first-order chi connectivity index (χ1) is 14.4. The van der Waals surface area contributed by atoms with Gasteiger partial charge < -0.3 is 15.0 Å². The summed E-state index contributed by atoms with van der Waals surface area (Å²) in [7, 11) is 0. The molecule has 30 heavy (non-hydrogen) atoms. The zero-order valence-corrected chi connectivity index (χ0v) is 17.2. The number of likely N-dealkylation sites (tertiary alicyclic amines) is 1. The molecule has 1 saturated heterocycles. The number of amides is 4. The van der Waals surface area contributed by atoms with Crippen LogP contribution >= 0.6 is 0 Å². The van der Waals surface area contributed by atoms with E-state index in [0.29, 0.717) is 43.5 Å². The topological polar surface area (TPSA) is 104 Å². The number of nitrogens with one attached hydrogen (secondary N) is 1. The van der Waals surface area contributed by atoms with E-state index in [1.165, 1.54) is 11.8 Å². The summed E-state index contributed by atoms with van der Waals surface area (Å²) in [6.45, 7) is 2.81. The van der Waals surface area contributed by atoms with E-state index >= 15 is 0 Å². The van der Waals surface area contributed by atoms with E-state index in [-0.39, 0.29) is 61.3 Å². The molecule has 0 unspecified atom stereocenters. The Morgan fingerprint density at radius 2 is 1.57 bits per heavy atom. The van der Waals surface area contributed by atoms with Gasteiger partial charge in [0.15, 0.2) is 0 Å². The third kappa shape index (κ3) is 5.11. The Labute approximate surface area is 175 Å². The number of Topliss-reactive ketones (excluding diaryl/α,β-unsaturated/α-hetero) is 1. The maximum Gasteiger partial charge on any atom is 0.261 e. The Hall–Kier alpha value is -3.03. The summed E-state index contributed by atoms with van der Waals surface area (Å²) in [4.78, 5) is 62.9. The van der Waals surface area contributed by atoms with E-state index in [4.69, 9.17) is 0 Å². The van der Waals surface area contributed by atoms with Gasteiger partial charge in [0.05, 0.1) is 11.1 Å². The number of benzene rings is 1. The second-order valence-corrected chi connectivity index (χ2v) is 7.84. The highest BCUT2D eigenvalue weighted by molar-refractivity contribution is 6.21. The number of rotatable bonds is 8. The lowest BCUT2D eigenvalue weighted by Gasteiger charge is -2.32. The van der Waals surface area contributed by atoms with Crippen molar-refractivity contribution in [2.24, 2.45) is 0 Å². The van der Waals surface area contributed by atoms with Gasteiger partial charge >= 0.3 is 0 Å². The molecule has 1 N–H and O–H groups in total. The first-order valence-electron chi connectivity index (χ1n) is 10.4. The van der Waals surface area contributed by atoms with E-state index in [2.05, 4.69) is 5.32 Å². The standard InChI is InChI=1S/C22H27N3O5/c1-15(26)8-9-19(27)23-16-10-13-24(14-11-16)20(28)7-4-12-25-21(29)17-5-2-3-6-18(17)22(25)30/h2-3,5-6,16H,4,7-14H2,1H3,(H,23,27). The van der Waals surface area contributed by atoms with E-state index in [9.17, 15) is 24.0 Å². The van der Waals surface area contributed by atoms with Gasteiger partial charge in [-0.2, -0.15) is 0 Å². The summed E-state index contributed by atoms with van der Waals surface area (Å²) in [5.74, 6) is -0.746. The van der Waals surface area contributed by atoms with Crippen molar-refractivity contribution >= 4 is 29.4 Å². The first kappa shape index (κ1) is 21.7. The third-order valence-corrected chi connectivity index (χ3v) is 5.57. The predicted octanol–water partition coefficient (Wildman–Crippen LogP) is 1.54. The third-order valence-electron chi connectivity index (χ3n) is 5.57. The summed E-state index contributed by atoms with van der Waals surface area (Å²) >= 11 is 0. The summed E-state index contributed by atoms with van der Waals surface area (Å²) in [6, 6.07) is 6.76. The Morgan fingerprint density at radius 1 is 0.967 bits per heavy atom. The highest BCUT2D eigenvalue weighted by Crippen LogP contribution is 2.23. The van der Waals surface area contributed by atoms with Crippen molar-refractivity contribution in [2.75, 3.05) is 19.6 Å². The van der Waals surface area contributed by atoms with Crippen LogP contribution in [-0.2, 0) is 14.4 Å². The summed E-state index contributed by atoms with van der Waals surface area (Å²) in [5.41, 5.74) is 0.836. The summed E-state index contributed by atoms with van der Waals surface area (Å²) in [6.07, 6.45) is 2.49. The lowest BCUT2D eigenvalue weighted by Crippen LogP contribution is -2.46. The Balaban J connectivity index is 1.38. The molecule has 0 radical (unpaired) electrons. The fourth-order valence-electron chi connectivity index (χ4n) is 3.85. The van der Waals surface area contributed by atoms with Crippen molar-refractivity contribution in [3.05, 3.63) is 35.4 Å². The van der Waals surface area contributed by atoms with Crippen LogP contribution < -0.4 is 5.32 Å². The number of carbonyl (C=O) groups is 5. The van der Waals surface area contributed by atoms with Crippen LogP contribution in [0.1, 0.15) is 66.2 Å². The fraction of sp³-hybridized carbons (Fsp3) is 0.500. The van der Waals surface area contributed by atoms with Crippen LogP contribution in [0.5, 0.6) is 0 Å². The number of fused-ring (bicyclic) bond motifs is 1. The van der Waals surface area contributed by atoms with Crippen LogP contribution in [0.15, 0.2) is 24.3 Å². The predicted molar refractivity (Wildman–Crippen MR) is 109 cm³/mol. The molecule has 1 fully saturated rings. The fourth-order valence-corrected chi connectivity index (χ4v) is 3.85. The molecule has 2 heterocycles. The highest BCUT2D eigenvalue weighted by Gasteiger charge is 2.34. The smallest absolute Gasteiger partial charge is 0.261 e. The maximum atomic E-state index is 12.5. The first-order valence-corrected chi connectivity index (χ1v) is 10.4. The number of imide groups is 1. The van der Waals surface area contributed by atoms with Gasteiger partial charge in [0.1, 0.15) is 5.78 Å². The Kier molecular flexibility index (Phi) is 6.97. The minimum Gasteiger partial charge on any atom is -0.353 e. The molecule has 3 rings (SSSR count). The van der Waals surface area contributed by atoms with Gasteiger partial charge in [-0.05, 0) is 38.3 Å². The average molecular weight is 413 g/mol. The number of ketones is 1. The molecule has 0 atom stereocenters. The lowest BCUT2D eigenvalue weighted by atomic mass is 10.0. The van der Waals surface area contributed by atoms with Crippen molar-refractivity contribution < 1.29 is 24.0 Å². The van der Waals surface area contributed by atoms with E-state index in [1.807, 2.05) is 0 Å². The maximum absolute atomic E-state index is 12.5. The Morgan fingerprint density at radius 3 is 2.13 bits per heavy atom. The molecule has 160 valence electrons. The van der Waals surface area contributed by atoms with Gasteiger partial charge in [0, 0.05) is 44.9 Å². The summed E-state index contributed by atoms with van der Waals surface area (Å²) < 4.78 is 0. The molecule has 8 heteroatoms. The van der Waals surface area contributed by atoms with Gasteiger partial charge in [0.2, 0.25) is 11.8 Å². The van der Waals surface area contributed by atoms with Crippen LogP contribution in [0, 0.1) is 0 Å². The molecule has 0 aromatic heterocycles. The van der Waals surface area contributed by atoms with Gasteiger partial charge in [-0.25, -0.2) is 0 Å². The quantitative estimate of drug-likeness (QED) is 0.651. The van der Waals surface area contributed by atoms with Crippen molar-refractivity contribution in [1.82, 2.24) is 15.1 Å². The van der Waals surface area contributed by atoms with Crippen LogP contribution in [0.25, 0.3) is 0 Å². The lowest BCUT2D eigenvalue weighted by molar-refractivity contribution is -0.132. The van der Waals surface area contributed by atoms with Crippen molar-refractivity contribution in [3.8, 4) is 0 Å². The highest BCUT2D eigenvalue weighted by atomic mass is 16.2. The minimum atomic E-state index is -0.302. The van der Waals surface area contributed by atoms with E-state index in [0.717, 1.165) is 0 Å². The van der Waals surface area contributed by atoms with Crippen molar-refractivity contribution in [2.45, 2.75) is 51.5 Å². The molecule has 0 saturated carbocycles. The van der Waals surface area contributed by atoms with Crippen molar-refractivity contribution in [1.29, 1.82) is 0 Å². The molecule has 0 spiro atoms. The zero-order chi connectivity index (χ0) is 21.7. The van der Waals surface area contributed by atoms with Crippen LogP contribution in [-0.4, -0.2) is 64.9 Å². The summed E-state index contributed by atoms with van der Waals surface area (Å²) in [5, 5.41) is 2.92. The number of piperidine rings is 1. The molecule has 0 aliphatic carbocycles. The van der Waals surface area contributed by atoms with Gasteiger partial charge in [-0.1, -0.05) is 12.1 Å². The van der Waals surface area contributed by atoms with Gasteiger partial charge in [-0.15, -0.1) is 0 Å². The average Bonchev–Trinajstić information content (AvgIpc) is 2.98. The monoisotopic (exact) mass is 413 g/mol. The molecule has 4 amide bonds. The molecule has 2 aliphatic heterocycles. The molecule has 0 bridgehead atoms. The van der Waals surface area contributed by atoms with Gasteiger partial charge in [-0.3, -0.25) is 24.1 Å². The normalized spacial score (nSPS) is 16.6. The number of hydrogen-bond donors (Lipinski definition) is 1. The number of nitrogens with zero attached hydrogens (tertiary/aromatic N) is 2. The SMILES string of the molecule is CC(=O)CCC(=O)NC1CCN(C(=O)CCCN2C(=O)c3ccccc3C2=O)CC1. The Bertz CT molecular complexity index is 823. The van der Waals surface area contributed by atoms with E-state index < -0.39 is 0 Å². The van der Waals surface area contributed by atoms with Crippen molar-refractivity contribution in [3.63, 3.8) is 0 Å².